The minimum Gasteiger partial charge on any atom is -0.396 e. The van der Waals surface area contributed by atoms with Crippen LogP contribution < -0.4 is 4.90 Å². The van der Waals surface area contributed by atoms with E-state index in [-0.39, 0.29) is 0 Å². The maximum absolute atomic E-state index is 8.73. The van der Waals surface area contributed by atoms with Crippen molar-refractivity contribution >= 4 is 0 Å². The van der Waals surface area contributed by atoms with Crippen LogP contribution >= 0.6 is 0 Å². The normalized spacial score (nSPS) is 12.9. The first-order valence-electron chi connectivity index (χ1n) is 7.73. The fourth-order valence-electron chi connectivity index (χ4n) is 2.24. The zero-order valence-electron chi connectivity index (χ0n) is 12.1. The van der Waals surface area contributed by atoms with Crippen LogP contribution in [0.2, 0.25) is 0 Å². The minimum absolute atomic E-state index is 0.342. The number of unbranched alkanes of at least 4 members (excludes halogenated alkanes) is 8. The molecule has 1 atom stereocenters. The van der Waals surface area contributed by atoms with Gasteiger partial charge in [-0.3, -0.25) is 0 Å². The molecule has 17 heavy (non-hydrogen) atoms. The van der Waals surface area contributed by atoms with Gasteiger partial charge < -0.3 is 10.0 Å². The number of hydrogen-bond donors (Lipinski definition) is 2. The Morgan fingerprint density at radius 2 is 1.18 bits per heavy atom. The Bertz CT molecular complexity index is 139. The molecule has 0 amide bonds. The summed E-state index contributed by atoms with van der Waals surface area (Å²) in [7, 11) is 2.24. The number of aliphatic hydroxyl groups is 1. The lowest BCUT2D eigenvalue weighted by molar-refractivity contribution is -0.880. The summed E-state index contributed by atoms with van der Waals surface area (Å²) in [4.78, 5) is 1.57. The number of aliphatic hydroxyl groups excluding tert-OH is 1. The standard InChI is InChI=1S/C15H33NO/c1-3-4-5-6-7-8-9-10-11-13-16(2)14-12-15-17/h17H,3-15H2,1-2H3/p+1. The van der Waals surface area contributed by atoms with E-state index in [1.165, 1.54) is 64.3 Å². The Morgan fingerprint density at radius 1 is 0.706 bits per heavy atom. The molecule has 0 aromatic rings. The van der Waals surface area contributed by atoms with E-state index < -0.39 is 0 Å². The third kappa shape index (κ3) is 13.9. The SMILES string of the molecule is CCCCCCCCCCC[NH+](C)CCCO. The number of rotatable bonds is 13. The lowest BCUT2D eigenvalue weighted by Crippen LogP contribution is -3.09. The summed E-state index contributed by atoms with van der Waals surface area (Å²) in [6, 6.07) is 0. The highest BCUT2D eigenvalue weighted by molar-refractivity contribution is 4.46. The van der Waals surface area contributed by atoms with Crippen LogP contribution in [0.3, 0.4) is 0 Å². The van der Waals surface area contributed by atoms with Gasteiger partial charge in [-0.05, 0) is 12.8 Å². The van der Waals surface area contributed by atoms with Gasteiger partial charge in [0.15, 0.2) is 0 Å². The fourth-order valence-corrected chi connectivity index (χ4v) is 2.24. The molecule has 0 saturated heterocycles. The van der Waals surface area contributed by atoms with Gasteiger partial charge in [0.05, 0.1) is 20.1 Å². The molecule has 0 aliphatic rings. The molecule has 0 aliphatic carbocycles. The fraction of sp³-hybridized carbons (Fsp3) is 1.00. The van der Waals surface area contributed by atoms with Gasteiger partial charge in [0.25, 0.3) is 0 Å². The Balaban J connectivity index is 3.02. The maximum atomic E-state index is 8.73. The second-order valence-corrected chi connectivity index (χ2v) is 5.36. The first-order chi connectivity index (χ1) is 8.31. The van der Waals surface area contributed by atoms with E-state index in [9.17, 15) is 0 Å². The van der Waals surface area contributed by atoms with Gasteiger partial charge in [-0.1, -0.05) is 51.9 Å². The molecule has 0 aromatic carbocycles. The quantitative estimate of drug-likeness (QED) is 0.478. The molecular formula is C15H34NO+. The summed E-state index contributed by atoms with van der Waals surface area (Å²) in [6.45, 7) is 5.01. The molecule has 2 N–H and O–H groups in total. The molecule has 0 saturated carbocycles. The van der Waals surface area contributed by atoms with E-state index in [0.29, 0.717) is 6.61 Å². The van der Waals surface area contributed by atoms with Gasteiger partial charge in [0.1, 0.15) is 0 Å². The smallest absolute Gasteiger partial charge is 0.0791 e. The van der Waals surface area contributed by atoms with Gasteiger partial charge in [0, 0.05) is 13.0 Å². The van der Waals surface area contributed by atoms with E-state index in [1.54, 1.807) is 4.90 Å². The van der Waals surface area contributed by atoms with Crippen LogP contribution in [0, 0.1) is 0 Å². The van der Waals surface area contributed by atoms with Crippen molar-refractivity contribution < 1.29 is 10.0 Å². The van der Waals surface area contributed by atoms with E-state index in [2.05, 4.69) is 14.0 Å². The van der Waals surface area contributed by atoms with Crippen LogP contribution in [-0.4, -0.2) is 31.9 Å². The summed E-state index contributed by atoms with van der Waals surface area (Å²) in [5.41, 5.74) is 0. The van der Waals surface area contributed by atoms with E-state index in [0.717, 1.165) is 13.0 Å². The van der Waals surface area contributed by atoms with Gasteiger partial charge in [-0.25, -0.2) is 0 Å². The predicted molar refractivity (Wildman–Crippen MR) is 75.6 cm³/mol. The summed E-state index contributed by atoms with van der Waals surface area (Å²) < 4.78 is 0. The molecule has 104 valence electrons. The molecule has 0 rings (SSSR count). The zero-order valence-corrected chi connectivity index (χ0v) is 12.1. The molecule has 2 heteroatoms. The molecule has 0 fully saturated rings. The highest BCUT2D eigenvalue weighted by Crippen LogP contribution is 2.08. The highest BCUT2D eigenvalue weighted by Gasteiger charge is 2.00. The average Bonchev–Trinajstić information content (AvgIpc) is 2.34. The molecule has 0 aromatic heterocycles. The van der Waals surface area contributed by atoms with Crippen molar-refractivity contribution in [2.24, 2.45) is 0 Å². The third-order valence-corrected chi connectivity index (χ3v) is 3.47. The summed E-state index contributed by atoms with van der Waals surface area (Å²) >= 11 is 0. The van der Waals surface area contributed by atoms with E-state index >= 15 is 0 Å². The molecule has 0 bridgehead atoms. The van der Waals surface area contributed by atoms with Gasteiger partial charge in [-0.2, -0.15) is 0 Å². The van der Waals surface area contributed by atoms with Crippen LogP contribution in [0.15, 0.2) is 0 Å². The second-order valence-electron chi connectivity index (χ2n) is 5.36. The monoisotopic (exact) mass is 244 g/mol. The van der Waals surface area contributed by atoms with Crippen molar-refractivity contribution in [1.82, 2.24) is 0 Å². The Kier molecular flexibility index (Phi) is 13.9. The van der Waals surface area contributed by atoms with Crippen molar-refractivity contribution in [1.29, 1.82) is 0 Å². The van der Waals surface area contributed by atoms with Crippen molar-refractivity contribution in [2.45, 2.75) is 71.1 Å². The Labute approximate surface area is 108 Å². The van der Waals surface area contributed by atoms with Crippen LogP contribution in [0.5, 0.6) is 0 Å². The van der Waals surface area contributed by atoms with Crippen molar-refractivity contribution in [3.8, 4) is 0 Å². The summed E-state index contributed by atoms with van der Waals surface area (Å²) in [5, 5.41) is 8.73. The molecule has 0 heterocycles. The number of nitrogens with one attached hydrogen (secondary N) is 1. The highest BCUT2D eigenvalue weighted by atomic mass is 16.3. The van der Waals surface area contributed by atoms with Crippen molar-refractivity contribution in [3.05, 3.63) is 0 Å². The van der Waals surface area contributed by atoms with Gasteiger partial charge in [0.2, 0.25) is 0 Å². The maximum Gasteiger partial charge on any atom is 0.0791 e. The van der Waals surface area contributed by atoms with Crippen molar-refractivity contribution in [3.63, 3.8) is 0 Å². The van der Waals surface area contributed by atoms with Crippen LogP contribution in [0.25, 0.3) is 0 Å². The summed E-state index contributed by atoms with van der Waals surface area (Å²) in [6.07, 6.45) is 13.6. The van der Waals surface area contributed by atoms with Crippen LogP contribution in [0.1, 0.15) is 71.1 Å². The first-order valence-corrected chi connectivity index (χ1v) is 7.73. The van der Waals surface area contributed by atoms with E-state index in [1.807, 2.05) is 0 Å². The molecular weight excluding hydrogens is 210 g/mol. The number of hydrogen-bond acceptors (Lipinski definition) is 1. The zero-order chi connectivity index (χ0) is 12.8. The van der Waals surface area contributed by atoms with Gasteiger partial charge in [-0.15, -0.1) is 0 Å². The molecule has 0 aliphatic heterocycles. The predicted octanol–water partition coefficient (Wildman–Crippen LogP) is 2.41. The van der Waals surface area contributed by atoms with Crippen LogP contribution in [0.4, 0.5) is 0 Å². The average molecular weight is 244 g/mol. The summed E-state index contributed by atoms with van der Waals surface area (Å²) in [5.74, 6) is 0. The number of quaternary nitrogens is 1. The molecule has 0 spiro atoms. The second kappa shape index (κ2) is 14.0. The topological polar surface area (TPSA) is 24.7 Å². The largest absolute Gasteiger partial charge is 0.396 e. The lowest BCUT2D eigenvalue weighted by Gasteiger charge is -2.12. The van der Waals surface area contributed by atoms with Gasteiger partial charge >= 0.3 is 0 Å². The van der Waals surface area contributed by atoms with E-state index in [4.69, 9.17) is 5.11 Å². The van der Waals surface area contributed by atoms with Crippen molar-refractivity contribution in [2.75, 3.05) is 26.7 Å². The lowest BCUT2D eigenvalue weighted by atomic mass is 10.1. The van der Waals surface area contributed by atoms with Crippen LogP contribution in [-0.2, 0) is 0 Å². The molecule has 0 radical (unpaired) electrons. The molecule has 1 unspecified atom stereocenters. The molecule has 2 nitrogen and oxygen atoms in total. The first kappa shape index (κ1) is 16.9. The Morgan fingerprint density at radius 3 is 1.71 bits per heavy atom. The minimum atomic E-state index is 0.342. The third-order valence-electron chi connectivity index (χ3n) is 3.47. The Hall–Kier alpha value is -0.0800.